The summed E-state index contributed by atoms with van der Waals surface area (Å²) in [5.41, 5.74) is 6.15. The summed E-state index contributed by atoms with van der Waals surface area (Å²) >= 11 is 0. The van der Waals surface area contributed by atoms with Crippen LogP contribution in [0, 0.1) is 20.8 Å². The maximum Gasteiger partial charge on any atom is -0.00803 e. The van der Waals surface area contributed by atoms with E-state index in [9.17, 15) is 0 Å². The molecule has 84 valence electrons. The third kappa shape index (κ3) is 2.25. The Hall–Kier alpha value is -0.780. The molecule has 0 N–H and O–H groups in total. The normalized spacial score (nSPS) is 11.9. The molecule has 1 aromatic carbocycles. The van der Waals surface area contributed by atoms with Gasteiger partial charge in [0.25, 0.3) is 0 Å². The lowest BCUT2D eigenvalue weighted by molar-refractivity contribution is 0.438. The van der Waals surface area contributed by atoms with Crippen LogP contribution in [0.1, 0.15) is 55.9 Å². The summed E-state index contributed by atoms with van der Waals surface area (Å²) in [6.45, 7) is 13.6. The molecule has 0 aliphatic heterocycles. The van der Waals surface area contributed by atoms with Crippen LogP contribution in [0.5, 0.6) is 0 Å². The van der Waals surface area contributed by atoms with E-state index >= 15 is 0 Å². The maximum atomic E-state index is 2.37. The van der Waals surface area contributed by atoms with Crippen molar-refractivity contribution in [2.45, 2.75) is 59.8 Å². The molecule has 0 heteroatoms. The summed E-state index contributed by atoms with van der Waals surface area (Å²) in [5, 5.41) is 0. The molecule has 0 saturated heterocycles. The summed E-state index contributed by atoms with van der Waals surface area (Å²) in [4.78, 5) is 0. The Kier molecular flexibility index (Phi) is 3.59. The molecule has 0 amide bonds. The van der Waals surface area contributed by atoms with Crippen molar-refractivity contribution in [3.63, 3.8) is 0 Å². The topological polar surface area (TPSA) is 0 Å². The van der Waals surface area contributed by atoms with Crippen molar-refractivity contribution in [3.05, 3.63) is 34.4 Å². The van der Waals surface area contributed by atoms with Gasteiger partial charge in [-0.05, 0) is 61.3 Å². The lowest BCUT2D eigenvalue weighted by atomic mass is 9.76. The highest BCUT2D eigenvalue weighted by Crippen LogP contribution is 2.33. The van der Waals surface area contributed by atoms with E-state index in [4.69, 9.17) is 0 Å². The van der Waals surface area contributed by atoms with Gasteiger partial charge in [0.2, 0.25) is 0 Å². The predicted molar refractivity (Wildman–Crippen MR) is 68.6 cm³/mol. The van der Waals surface area contributed by atoms with Gasteiger partial charge < -0.3 is 0 Å². The molecule has 1 rings (SSSR count). The summed E-state index contributed by atoms with van der Waals surface area (Å²) in [7, 11) is 0. The quantitative estimate of drug-likeness (QED) is 0.670. The van der Waals surface area contributed by atoms with Gasteiger partial charge in [0.15, 0.2) is 0 Å². The van der Waals surface area contributed by atoms with Gasteiger partial charge >= 0.3 is 0 Å². The molecule has 0 radical (unpaired) electrons. The molecule has 0 saturated carbocycles. The Balaban J connectivity index is 3.27. The van der Waals surface area contributed by atoms with E-state index in [0.29, 0.717) is 5.41 Å². The number of aryl methyl sites for hydroxylation is 2. The third-order valence-corrected chi connectivity index (χ3v) is 4.18. The Morgan fingerprint density at radius 2 is 1.33 bits per heavy atom. The van der Waals surface area contributed by atoms with Crippen molar-refractivity contribution in [2.75, 3.05) is 0 Å². The van der Waals surface area contributed by atoms with Crippen LogP contribution in [0.3, 0.4) is 0 Å². The minimum atomic E-state index is 0.350. The van der Waals surface area contributed by atoms with Crippen LogP contribution in [-0.2, 0) is 5.41 Å². The number of rotatable bonds is 3. The molecule has 0 fully saturated rings. The van der Waals surface area contributed by atoms with Gasteiger partial charge in [-0.3, -0.25) is 0 Å². The van der Waals surface area contributed by atoms with Crippen LogP contribution < -0.4 is 0 Å². The van der Waals surface area contributed by atoms with Gasteiger partial charge in [0, 0.05) is 0 Å². The molecule has 0 bridgehead atoms. The monoisotopic (exact) mass is 204 g/mol. The van der Waals surface area contributed by atoms with Crippen molar-refractivity contribution < 1.29 is 0 Å². The Morgan fingerprint density at radius 3 is 1.67 bits per heavy atom. The van der Waals surface area contributed by atoms with Crippen molar-refractivity contribution in [1.29, 1.82) is 0 Å². The van der Waals surface area contributed by atoms with E-state index in [1.54, 1.807) is 0 Å². The highest BCUT2D eigenvalue weighted by Gasteiger charge is 2.22. The van der Waals surface area contributed by atoms with Crippen molar-refractivity contribution in [3.8, 4) is 0 Å². The van der Waals surface area contributed by atoms with E-state index in [-0.39, 0.29) is 0 Å². The van der Waals surface area contributed by atoms with E-state index in [1.165, 1.54) is 35.1 Å². The van der Waals surface area contributed by atoms with E-state index < -0.39 is 0 Å². The fourth-order valence-corrected chi connectivity index (χ4v) is 2.04. The minimum absolute atomic E-state index is 0.350. The third-order valence-electron chi connectivity index (χ3n) is 4.18. The van der Waals surface area contributed by atoms with E-state index in [2.05, 4.69) is 53.7 Å². The molecule has 0 heterocycles. The minimum Gasteiger partial charge on any atom is -0.0645 e. The van der Waals surface area contributed by atoms with Crippen LogP contribution in [0.2, 0.25) is 0 Å². The summed E-state index contributed by atoms with van der Waals surface area (Å²) in [6.07, 6.45) is 2.43. The molecule has 0 atom stereocenters. The standard InChI is InChI=1S/C15H24/c1-7-15(6,8-2)14-9-11(3)13(5)12(4)10-14/h9-10H,7-8H2,1-6H3. The number of benzene rings is 1. The highest BCUT2D eigenvalue weighted by molar-refractivity contribution is 5.39. The first-order chi connectivity index (χ1) is 6.94. The van der Waals surface area contributed by atoms with Crippen LogP contribution in [0.25, 0.3) is 0 Å². The van der Waals surface area contributed by atoms with Gasteiger partial charge in [0.1, 0.15) is 0 Å². The molecule has 0 spiro atoms. The number of hydrogen-bond acceptors (Lipinski definition) is 0. The summed E-state index contributed by atoms with van der Waals surface area (Å²) in [5.74, 6) is 0. The predicted octanol–water partition coefficient (Wildman–Crippen LogP) is 4.69. The molecule has 0 aliphatic rings. The lowest BCUT2D eigenvalue weighted by Crippen LogP contribution is -2.20. The van der Waals surface area contributed by atoms with Crippen LogP contribution in [-0.4, -0.2) is 0 Å². The first kappa shape index (κ1) is 12.3. The molecule has 1 aromatic rings. The Bertz CT molecular complexity index is 320. The SMILES string of the molecule is CCC(C)(CC)c1cc(C)c(C)c(C)c1. The molecule has 0 aliphatic carbocycles. The molecule has 0 unspecified atom stereocenters. The largest absolute Gasteiger partial charge is 0.0645 e. The van der Waals surface area contributed by atoms with Crippen molar-refractivity contribution in [1.82, 2.24) is 0 Å². The zero-order valence-corrected chi connectivity index (χ0v) is 11.1. The van der Waals surface area contributed by atoms with Crippen LogP contribution in [0.15, 0.2) is 12.1 Å². The van der Waals surface area contributed by atoms with Gasteiger partial charge in [-0.1, -0.05) is 32.9 Å². The van der Waals surface area contributed by atoms with Crippen LogP contribution in [0.4, 0.5) is 0 Å². The van der Waals surface area contributed by atoms with E-state index in [1.807, 2.05) is 0 Å². The van der Waals surface area contributed by atoms with Gasteiger partial charge in [-0.2, -0.15) is 0 Å². The first-order valence-corrected chi connectivity index (χ1v) is 6.03. The molecular weight excluding hydrogens is 180 g/mol. The van der Waals surface area contributed by atoms with Gasteiger partial charge in [0.05, 0.1) is 0 Å². The Labute approximate surface area is 94.7 Å². The smallest absolute Gasteiger partial charge is 0.00803 e. The fourth-order valence-electron chi connectivity index (χ4n) is 2.04. The molecule has 0 aromatic heterocycles. The Morgan fingerprint density at radius 1 is 0.933 bits per heavy atom. The molecular formula is C15H24. The maximum absolute atomic E-state index is 2.37. The lowest BCUT2D eigenvalue weighted by Gasteiger charge is -2.28. The zero-order chi connectivity index (χ0) is 11.6. The molecule has 0 nitrogen and oxygen atoms in total. The average molecular weight is 204 g/mol. The van der Waals surface area contributed by atoms with Crippen LogP contribution >= 0.6 is 0 Å². The van der Waals surface area contributed by atoms with E-state index in [0.717, 1.165) is 0 Å². The summed E-state index contributed by atoms with van der Waals surface area (Å²) in [6, 6.07) is 4.74. The zero-order valence-electron chi connectivity index (χ0n) is 11.1. The number of hydrogen-bond donors (Lipinski definition) is 0. The molecule has 15 heavy (non-hydrogen) atoms. The summed E-state index contributed by atoms with van der Waals surface area (Å²) < 4.78 is 0. The first-order valence-electron chi connectivity index (χ1n) is 6.03. The second-order valence-corrected chi connectivity index (χ2v) is 5.00. The average Bonchev–Trinajstić information content (AvgIpc) is 2.24. The fraction of sp³-hybridized carbons (Fsp3) is 0.600. The van der Waals surface area contributed by atoms with Crippen molar-refractivity contribution in [2.24, 2.45) is 0 Å². The van der Waals surface area contributed by atoms with Gasteiger partial charge in [-0.25, -0.2) is 0 Å². The second-order valence-electron chi connectivity index (χ2n) is 5.00. The van der Waals surface area contributed by atoms with Crippen molar-refractivity contribution >= 4 is 0 Å². The highest BCUT2D eigenvalue weighted by atomic mass is 14.3. The second kappa shape index (κ2) is 4.38. The van der Waals surface area contributed by atoms with Gasteiger partial charge in [-0.15, -0.1) is 0 Å².